The Morgan fingerprint density at radius 3 is 1.83 bits per heavy atom. The van der Waals surface area contributed by atoms with Crippen LogP contribution in [0.25, 0.3) is 0 Å². The van der Waals surface area contributed by atoms with Crippen molar-refractivity contribution in [2.24, 2.45) is 0 Å². The van der Waals surface area contributed by atoms with Gasteiger partial charge in [-0.15, -0.1) is 0 Å². The molecule has 0 heterocycles. The number of hydrogen-bond acceptors (Lipinski definition) is 3. The van der Waals surface area contributed by atoms with Crippen molar-refractivity contribution in [1.82, 2.24) is 0 Å². The topological polar surface area (TPSA) is 35.5 Å². The fraction of sp³-hybridized carbons (Fsp3) is 0. The molecule has 0 atom stereocenters. The molecule has 0 amide bonds. The molecule has 0 aliphatic carbocycles. The zero-order valence-electron chi connectivity index (χ0n) is 4.43. The lowest BCUT2D eigenvalue weighted by Crippen LogP contribution is -1.51. The van der Waals surface area contributed by atoms with Gasteiger partial charge in [0.15, 0.2) is 0 Å². The quantitative estimate of drug-likeness (QED) is 0.568. The minimum absolute atomic E-state index is 0. The molecular formula is H2Cl2O3P+3. The molecule has 0 aromatic carbocycles. The summed E-state index contributed by atoms with van der Waals surface area (Å²) >= 11 is 8.92. The molecule has 0 saturated heterocycles. The standard InChI is InChI=1S/Cl2O3P/c1-4-6(3)5-2/q+1/p+2. The van der Waals surface area contributed by atoms with E-state index in [1.165, 1.54) is 0 Å². The molecule has 0 N–H and O–H groups in total. The first-order chi connectivity index (χ1) is 2.81. The van der Waals surface area contributed by atoms with E-state index in [0.29, 0.717) is 0 Å². The van der Waals surface area contributed by atoms with Crippen molar-refractivity contribution < 1.29 is 15.6 Å². The fourth-order valence-electron chi connectivity index (χ4n) is 0.0106. The van der Waals surface area contributed by atoms with Gasteiger partial charge in [-0.3, -0.25) is 0 Å². The molecule has 0 aromatic rings. The van der Waals surface area contributed by atoms with Crippen LogP contribution in [0.15, 0.2) is 0 Å². The number of rotatable bonds is 2. The second-order valence-corrected chi connectivity index (χ2v) is 1.91. The van der Waals surface area contributed by atoms with Crippen LogP contribution >= 0.6 is 32.0 Å². The molecule has 0 radical (unpaired) electrons. The van der Waals surface area contributed by atoms with Crippen molar-refractivity contribution in [2.75, 3.05) is 0 Å². The molecule has 0 unspecified atom stereocenters. The van der Waals surface area contributed by atoms with Crippen molar-refractivity contribution in [3.63, 3.8) is 0 Å². The fourth-order valence-corrected chi connectivity index (χ4v) is 0.287. The van der Waals surface area contributed by atoms with Gasteiger partial charge in [-0.05, 0) is 0 Å². The minimum atomic E-state index is -2.30. The van der Waals surface area contributed by atoms with Gasteiger partial charge in [-0.25, -0.2) is 0 Å². The Bertz CT molecular complexity index is 53.2. The Kier molecular flexibility index (Phi) is 4.16. The summed E-state index contributed by atoms with van der Waals surface area (Å²) in [5.74, 6) is 0. The van der Waals surface area contributed by atoms with Crippen molar-refractivity contribution in [3.05, 3.63) is 0 Å². The molecule has 0 rings (SSSR count). The van der Waals surface area contributed by atoms with E-state index < -0.39 is 8.25 Å². The summed E-state index contributed by atoms with van der Waals surface area (Å²) in [7, 11) is -2.30. The minimum Gasteiger partial charge on any atom is 0.000683 e. The normalized spacial score (nSPS) is 8.33. The highest BCUT2D eigenvalue weighted by Gasteiger charge is 2.17. The lowest BCUT2D eigenvalue weighted by atomic mass is 15.8. The average molecular weight is 152 g/mol. The van der Waals surface area contributed by atoms with E-state index in [9.17, 15) is 4.57 Å². The van der Waals surface area contributed by atoms with Gasteiger partial charge in [0, 0.05) is 12.7 Å². The highest BCUT2D eigenvalue weighted by atomic mass is 35.5. The maximum Gasteiger partial charge on any atom is 1.00 e. The van der Waals surface area contributed by atoms with E-state index in [2.05, 4.69) is 31.9 Å². The highest BCUT2D eigenvalue weighted by molar-refractivity contribution is 7.35. The van der Waals surface area contributed by atoms with E-state index in [1.54, 1.807) is 0 Å². The van der Waals surface area contributed by atoms with Gasteiger partial charge in [0.2, 0.25) is 0 Å². The van der Waals surface area contributed by atoms with Gasteiger partial charge in [0.1, 0.15) is 23.7 Å². The highest BCUT2D eigenvalue weighted by Crippen LogP contribution is 2.26. The van der Waals surface area contributed by atoms with Gasteiger partial charge >= 0.3 is 11.1 Å². The molecule has 0 aromatic heterocycles. The van der Waals surface area contributed by atoms with Gasteiger partial charge in [-0.1, -0.05) is 0 Å². The predicted molar refractivity (Wildman–Crippen MR) is 23.7 cm³/mol. The van der Waals surface area contributed by atoms with Crippen LogP contribution in [0.1, 0.15) is 2.85 Å². The molecule has 6 heteroatoms. The first-order valence-corrected chi connectivity index (χ1v) is 2.57. The Labute approximate surface area is 48.4 Å². The molecule has 0 aliphatic rings. The summed E-state index contributed by atoms with van der Waals surface area (Å²) < 4.78 is 16.7. The molecule has 0 fully saturated rings. The Balaban J connectivity index is -0.000000125. The van der Waals surface area contributed by atoms with Gasteiger partial charge in [0.05, 0.1) is 0 Å². The van der Waals surface area contributed by atoms with E-state index in [4.69, 9.17) is 0 Å². The van der Waals surface area contributed by atoms with E-state index in [1.807, 2.05) is 0 Å². The maximum absolute atomic E-state index is 9.62. The van der Waals surface area contributed by atoms with Crippen LogP contribution in [0.4, 0.5) is 0 Å². The first kappa shape index (κ1) is 6.60. The van der Waals surface area contributed by atoms with Gasteiger partial charge < -0.3 is 0 Å². The van der Waals surface area contributed by atoms with Gasteiger partial charge in [-0.2, -0.15) is 0 Å². The van der Waals surface area contributed by atoms with E-state index >= 15 is 0 Å². The molecule has 3 nitrogen and oxygen atoms in total. The second-order valence-electron chi connectivity index (χ2n) is 0.362. The third-order valence-corrected chi connectivity index (χ3v) is 1.01. The summed E-state index contributed by atoms with van der Waals surface area (Å²) in [5.41, 5.74) is 0. The molecule has 0 spiro atoms. The lowest BCUT2D eigenvalue weighted by molar-refractivity contribution is 0.447. The maximum atomic E-state index is 9.62. The van der Waals surface area contributed by atoms with E-state index in [0.717, 1.165) is 0 Å². The van der Waals surface area contributed by atoms with Crippen LogP contribution in [0.5, 0.6) is 0 Å². The van der Waals surface area contributed by atoms with Crippen molar-refractivity contribution in [3.8, 4) is 0 Å². The zero-order valence-corrected chi connectivity index (χ0v) is 4.83. The van der Waals surface area contributed by atoms with Gasteiger partial charge in [0.25, 0.3) is 0 Å². The van der Waals surface area contributed by atoms with Crippen LogP contribution in [0, 0.1) is 0 Å². The molecular weight excluding hydrogens is 150 g/mol. The van der Waals surface area contributed by atoms with E-state index in [-0.39, 0.29) is 2.85 Å². The van der Waals surface area contributed by atoms with Crippen LogP contribution in [0.3, 0.4) is 0 Å². The van der Waals surface area contributed by atoms with Crippen LogP contribution < -0.4 is 0 Å². The van der Waals surface area contributed by atoms with Crippen LogP contribution in [-0.2, 0) is 12.7 Å². The Morgan fingerprint density at radius 2 is 1.83 bits per heavy atom. The second kappa shape index (κ2) is 3.78. The molecule has 36 valence electrons. The lowest BCUT2D eigenvalue weighted by Gasteiger charge is -1.58. The Hall–Kier alpha value is 0.600. The summed E-state index contributed by atoms with van der Waals surface area (Å²) in [4.78, 5) is 0. The Morgan fingerprint density at radius 1 is 1.50 bits per heavy atom. The smallest absolute Gasteiger partial charge is 0.000683 e. The monoisotopic (exact) mass is 151 g/mol. The summed E-state index contributed by atoms with van der Waals surface area (Å²) in [6.45, 7) is 0. The number of hydrogen-bond donors (Lipinski definition) is 0. The van der Waals surface area contributed by atoms with Crippen molar-refractivity contribution >= 4 is 32.0 Å². The van der Waals surface area contributed by atoms with Crippen LogP contribution in [0.2, 0.25) is 0 Å². The molecule has 6 heavy (non-hydrogen) atoms. The van der Waals surface area contributed by atoms with Crippen molar-refractivity contribution in [1.29, 1.82) is 0 Å². The summed E-state index contributed by atoms with van der Waals surface area (Å²) in [6.07, 6.45) is 0. The largest absolute Gasteiger partial charge is 1.00 e. The third kappa shape index (κ3) is 2.82. The zero-order chi connectivity index (χ0) is 4.99. The molecule has 0 aliphatic heterocycles. The SMILES string of the molecule is O=[P+](OCl)OCl.[H+].[H+]. The first-order valence-electron chi connectivity index (χ1n) is 0.856. The summed E-state index contributed by atoms with van der Waals surface area (Å²) in [5, 5.41) is 0. The van der Waals surface area contributed by atoms with Crippen molar-refractivity contribution in [2.45, 2.75) is 0 Å². The molecule has 0 saturated carbocycles. The average Bonchev–Trinajstić information content (AvgIpc) is 1.65. The van der Waals surface area contributed by atoms with Crippen LogP contribution in [-0.4, -0.2) is 0 Å². The molecule has 0 bridgehead atoms. The predicted octanol–water partition coefficient (Wildman–Crippen LogP) is 2.21. The number of halogens is 2. The third-order valence-electron chi connectivity index (χ3n) is 0.113. The summed E-state index contributed by atoms with van der Waals surface area (Å²) in [6, 6.07) is 0.